The Balaban J connectivity index is 3.04. The third kappa shape index (κ3) is 2.57. The van der Waals surface area contributed by atoms with Crippen molar-refractivity contribution in [1.29, 1.82) is 0 Å². The van der Waals surface area contributed by atoms with E-state index < -0.39 is 11.7 Å². The van der Waals surface area contributed by atoms with Gasteiger partial charge in [-0.25, -0.2) is 5.90 Å². The van der Waals surface area contributed by atoms with E-state index in [1.54, 1.807) is 6.07 Å². The highest BCUT2D eigenvalue weighted by Crippen LogP contribution is 2.29. The first-order chi connectivity index (χ1) is 6.98. The molecule has 0 saturated heterocycles. The molecule has 1 aromatic carbocycles. The van der Waals surface area contributed by atoms with E-state index in [1.807, 2.05) is 0 Å². The summed E-state index contributed by atoms with van der Waals surface area (Å²) in [5, 5.41) is 0. The van der Waals surface area contributed by atoms with Crippen LogP contribution in [0.1, 0.15) is 18.1 Å². The summed E-state index contributed by atoms with van der Waals surface area (Å²) < 4.78 is 26.6. The second-order valence-electron chi connectivity index (χ2n) is 3.14. The number of Topliss-reactive ketones (excluding diaryl/α,β-unsaturated/α-hetero) is 1. The van der Waals surface area contributed by atoms with E-state index in [2.05, 4.69) is 4.84 Å². The predicted octanol–water partition coefficient (Wildman–Crippen LogP) is 1.76. The summed E-state index contributed by atoms with van der Waals surface area (Å²) in [6.07, 6.45) is 0. The lowest BCUT2D eigenvalue weighted by Gasteiger charge is -2.13. The van der Waals surface area contributed by atoms with Gasteiger partial charge in [-0.15, -0.1) is 0 Å². The van der Waals surface area contributed by atoms with E-state index in [1.165, 1.54) is 18.2 Å². The standard InChI is InChI=1S/C10H11F2NO2/c1-7(14)10(11,12)9-4-2-3-8(5-9)6-15-13/h2-5H,6,13H2,1H3. The average molecular weight is 215 g/mol. The van der Waals surface area contributed by atoms with Gasteiger partial charge < -0.3 is 0 Å². The summed E-state index contributed by atoms with van der Waals surface area (Å²) in [4.78, 5) is 15.1. The van der Waals surface area contributed by atoms with Crippen molar-refractivity contribution in [3.63, 3.8) is 0 Å². The minimum absolute atomic E-state index is 0.0296. The van der Waals surface area contributed by atoms with Crippen molar-refractivity contribution in [1.82, 2.24) is 0 Å². The van der Waals surface area contributed by atoms with Gasteiger partial charge in [-0.3, -0.25) is 9.63 Å². The highest BCUT2D eigenvalue weighted by atomic mass is 19.3. The van der Waals surface area contributed by atoms with Gasteiger partial charge in [-0.2, -0.15) is 8.78 Å². The van der Waals surface area contributed by atoms with E-state index in [0.717, 1.165) is 6.92 Å². The Morgan fingerprint density at radius 3 is 2.73 bits per heavy atom. The Morgan fingerprint density at radius 2 is 2.20 bits per heavy atom. The molecule has 0 fully saturated rings. The van der Waals surface area contributed by atoms with Crippen molar-refractivity contribution >= 4 is 5.78 Å². The van der Waals surface area contributed by atoms with Crippen LogP contribution in [0.25, 0.3) is 0 Å². The second-order valence-corrected chi connectivity index (χ2v) is 3.14. The topological polar surface area (TPSA) is 52.3 Å². The van der Waals surface area contributed by atoms with Gasteiger partial charge in [0.25, 0.3) is 0 Å². The first-order valence-electron chi connectivity index (χ1n) is 4.28. The maximum absolute atomic E-state index is 13.3. The summed E-state index contributed by atoms with van der Waals surface area (Å²) in [6, 6.07) is 5.42. The number of nitrogens with two attached hydrogens (primary N) is 1. The van der Waals surface area contributed by atoms with Gasteiger partial charge in [0.15, 0.2) is 0 Å². The lowest BCUT2D eigenvalue weighted by Crippen LogP contribution is -2.23. The van der Waals surface area contributed by atoms with Gasteiger partial charge >= 0.3 is 5.92 Å². The Bertz CT molecular complexity index is 366. The van der Waals surface area contributed by atoms with Crippen LogP contribution in [-0.2, 0) is 22.2 Å². The molecule has 82 valence electrons. The summed E-state index contributed by atoms with van der Waals surface area (Å²) >= 11 is 0. The van der Waals surface area contributed by atoms with Gasteiger partial charge in [0.2, 0.25) is 5.78 Å². The van der Waals surface area contributed by atoms with Gasteiger partial charge in [0, 0.05) is 12.5 Å². The van der Waals surface area contributed by atoms with Crippen molar-refractivity contribution in [2.24, 2.45) is 5.90 Å². The average Bonchev–Trinajstić information content (AvgIpc) is 2.18. The molecule has 0 spiro atoms. The molecule has 1 aromatic rings. The third-order valence-electron chi connectivity index (χ3n) is 1.98. The van der Waals surface area contributed by atoms with Crippen LogP contribution in [0.4, 0.5) is 8.78 Å². The zero-order chi connectivity index (χ0) is 11.5. The predicted molar refractivity (Wildman–Crippen MR) is 50.0 cm³/mol. The third-order valence-corrected chi connectivity index (χ3v) is 1.98. The van der Waals surface area contributed by atoms with Crippen LogP contribution in [0.5, 0.6) is 0 Å². The Hall–Kier alpha value is -1.33. The van der Waals surface area contributed by atoms with E-state index in [4.69, 9.17) is 5.90 Å². The van der Waals surface area contributed by atoms with Gasteiger partial charge in [0.1, 0.15) is 0 Å². The molecule has 2 N–H and O–H groups in total. The Morgan fingerprint density at radius 1 is 1.53 bits per heavy atom. The monoisotopic (exact) mass is 215 g/mol. The van der Waals surface area contributed by atoms with Crippen LogP contribution in [0.2, 0.25) is 0 Å². The molecule has 0 radical (unpaired) electrons. The zero-order valence-corrected chi connectivity index (χ0v) is 8.17. The minimum atomic E-state index is -3.45. The SMILES string of the molecule is CC(=O)C(F)(F)c1cccc(CON)c1. The molecule has 0 bridgehead atoms. The summed E-state index contributed by atoms with van der Waals surface area (Å²) in [6.45, 7) is 0.883. The minimum Gasteiger partial charge on any atom is -0.300 e. The van der Waals surface area contributed by atoms with Gasteiger partial charge in [-0.1, -0.05) is 18.2 Å². The number of halogens is 2. The highest BCUT2D eigenvalue weighted by Gasteiger charge is 2.37. The number of rotatable bonds is 4. The van der Waals surface area contributed by atoms with E-state index in [-0.39, 0.29) is 12.2 Å². The quantitative estimate of drug-likeness (QED) is 0.778. The molecule has 0 aromatic heterocycles. The van der Waals surface area contributed by atoms with Crippen molar-refractivity contribution in [2.75, 3.05) is 0 Å². The first-order valence-corrected chi connectivity index (χ1v) is 4.28. The molecule has 0 aliphatic carbocycles. The molecule has 0 saturated carbocycles. The molecular formula is C10H11F2NO2. The molecule has 0 unspecified atom stereocenters. The van der Waals surface area contributed by atoms with Crippen molar-refractivity contribution < 1.29 is 18.4 Å². The molecule has 3 nitrogen and oxygen atoms in total. The largest absolute Gasteiger partial charge is 0.330 e. The lowest BCUT2D eigenvalue weighted by molar-refractivity contribution is -0.141. The summed E-state index contributed by atoms with van der Waals surface area (Å²) in [5.41, 5.74) is 0.153. The van der Waals surface area contributed by atoms with Crippen LogP contribution in [0, 0.1) is 0 Å². The zero-order valence-electron chi connectivity index (χ0n) is 8.17. The molecule has 0 heterocycles. The van der Waals surface area contributed by atoms with Crippen LogP contribution >= 0.6 is 0 Å². The molecule has 0 aliphatic heterocycles. The fourth-order valence-electron chi connectivity index (χ4n) is 1.16. The smallest absolute Gasteiger partial charge is 0.300 e. The first kappa shape index (κ1) is 11.7. The number of carbonyl (C=O) groups excluding carboxylic acids is 1. The second kappa shape index (κ2) is 4.46. The number of ketones is 1. The fraction of sp³-hybridized carbons (Fsp3) is 0.300. The van der Waals surface area contributed by atoms with Crippen molar-refractivity contribution in [3.8, 4) is 0 Å². The van der Waals surface area contributed by atoms with E-state index >= 15 is 0 Å². The highest BCUT2D eigenvalue weighted by molar-refractivity contribution is 5.84. The van der Waals surface area contributed by atoms with Crippen LogP contribution in [0.3, 0.4) is 0 Å². The Kier molecular flexibility index (Phi) is 3.49. The normalized spacial score (nSPS) is 11.5. The molecule has 0 atom stereocenters. The van der Waals surface area contributed by atoms with Gasteiger partial charge in [0.05, 0.1) is 6.61 Å². The van der Waals surface area contributed by atoms with Crippen LogP contribution < -0.4 is 5.90 Å². The molecule has 15 heavy (non-hydrogen) atoms. The molecule has 0 aliphatic rings. The van der Waals surface area contributed by atoms with Crippen molar-refractivity contribution in [2.45, 2.75) is 19.5 Å². The maximum atomic E-state index is 13.3. The number of carbonyl (C=O) groups is 1. The van der Waals surface area contributed by atoms with Crippen LogP contribution in [0.15, 0.2) is 24.3 Å². The number of hydrogen-bond acceptors (Lipinski definition) is 3. The number of hydrogen-bond donors (Lipinski definition) is 1. The maximum Gasteiger partial charge on any atom is 0.330 e. The molecular weight excluding hydrogens is 204 g/mol. The fourth-order valence-corrected chi connectivity index (χ4v) is 1.16. The van der Waals surface area contributed by atoms with E-state index in [0.29, 0.717) is 5.56 Å². The van der Waals surface area contributed by atoms with E-state index in [9.17, 15) is 13.6 Å². The van der Waals surface area contributed by atoms with Crippen molar-refractivity contribution in [3.05, 3.63) is 35.4 Å². The molecule has 1 rings (SSSR count). The summed E-state index contributed by atoms with van der Waals surface area (Å²) in [7, 11) is 0. The van der Waals surface area contributed by atoms with Gasteiger partial charge in [-0.05, 0) is 11.6 Å². The van der Waals surface area contributed by atoms with Crippen LogP contribution in [-0.4, -0.2) is 5.78 Å². The summed E-state index contributed by atoms with van der Waals surface area (Å²) in [5.74, 6) is 0.185. The number of alkyl halides is 2. The lowest BCUT2D eigenvalue weighted by atomic mass is 10.0. The molecule has 5 heteroatoms. The number of benzene rings is 1. The Labute approximate surface area is 85.8 Å². The molecule has 0 amide bonds.